The van der Waals surface area contributed by atoms with Gasteiger partial charge in [-0.05, 0) is 38.2 Å². The Kier molecular flexibility index (Phi) is 4.15. The first-order valence-electron chi connectivity index (χ1n) is 7.91. The molecule has 2 atom stereocenters. The lowest BCUT2D eigenvalue weighted by molar-refractivity contribution is 0.0860. The molecule has 1 saturated carbocycles. The van der Waals surface area contributed by atoms with Gasteiger partial charge < -0.3 is 15.4 Å². The van der Waals surface area contributed by atoms with E-state index >= 15 is 0 Å². The number of hydrogen-bond donors (Lipinski definition) is 2. The summed E-state index contributed by atoms with van der Waals surface area (Å²) < 4.78 is 5.60. The van der Waals surface area contributed by atoms with E-state index in [0.717, 1.165) is 32.3 Å². The molecule has 2 fully saturated rings. The fourth-order valence-electron chi connectivity index (χ4n) is 3.11. The predicted octanol–water partition coefficient (Wildman–Crippen LogP) is 2.58. The largest absolute Gasteiger partial charge is 0.376 e. The second-order valence-corrected chi connectivity index (χ2v) is 6.31. The molecule has 2 aliphatic rings. The summed E-state index contributed by atoms with van der Waals surface area (Å²) in [5, 5.41) is 6.03. The summed E-state index contributed by atoms with van der Waals surface area (Å²) in [5.41, 5.74) is 1.49. The number of nitrogens with one attached hydrogen (secondary N) is 2. The number of benzene rings is 1. The average Bonchev–Trinajstić information content (AvgIpc) is 3.09. The minimum atomic E-state index is -0.0831. The molecule has 2 unspecified atom stereocenters. The molecule has 0 radical (unpaired) electrons. The number of hydrogen-bond acceptors (Lipinski definition) is 2. The number of carbonyl (C=O) groups is 1. The van der Waals surface area contributed by atoms with Crippen LogP contribution in [0.15, 0.2) is 30.3 Å². The predicted molar refractivity (Wildman–Crippen MR) is 82.3 cm³/mol. The Labute approximate surface area is 126 Å². The van der Waals surface area contributed by atoms with E-state index in [1.165, 1.54) is 5.56 Å². The molecule has 1 heterocycles. The quantitative estimate of drug-likeness (QED) is 0.875. The highest BCUT2D eigenvalue weighted by molar-refractivity contribution is 5.74. The van der Waals surface area contributed by atoms with Crippen molar-refractivity contribution >= 4 is 6.03 Å². The van der Waals surface area contributed by atoms with E-state index in [1.807, 2.05) is 13.0 Å². The van der Waals surface area contributed by atoms with Crippen molar-refractivity contribution in [2.24, 2.45) is 0 Å². The van der Waals surface area contributed by atoms with E-state index in [9.17, 15) is 4.79 Å². The molecule has 1 aliphatic heterocycles. The fourth-order valence-corrected chi connectivity index (χ4v) is 3.11. The highest BCUT2D eigenvalue weighted by Crippen LogP contribution is 2.47. The first kappa shape index (κ1) is 14.4. The Balaban J connectivity index is 1.47. The van der Waals surface area contributed by atoms with Gasteiger partial charge in [0.25, 0.3) is 0 Å². The van der Waals surface area contributed by atoms with Crippen LogP contribution < -0.4 is 10.6 Å². The maximum Gasteiger partial charge on any atom is 0.315 e. The molecule has 4 nitrogen and oxygen atoms in total. The minimum absolute atomic E-state index is 0.0689. The zero-order chi connectivity index (χ0) is 14.7. The third kappa shape index (κ3) is 3.38. The van der Waals surface area contributed by atoms with Crippen LogP contribution in [0.3, 0.4) is 0 Å². The van der Waals surface area contributed by atoms with Crippen molar-refractivity contribution in [1.29, 1.82) is 0 Å². The molecular formula is C17H24N2O2. The molecule has 1 aliphatic carbocycles. The molecule has 114 valence electrons. The molecule has 2 N–H and O–H groups in total. The van der Waals surface area contributed by atoms with Gasteiger partial charge in [0.1, 0.15) is 0 Å². The number of amides is 2. The van der Waals surface area contributed by atoms with Gasteiger partial charge in [-0.2, -0.15) is 0 Å². The lowest BCUT2D eigenvalue weighted by Gasteiger charge is -2.22. The third-order valence-corrected chi connectivity index (χ3v) is 4.71. The molecule has 1 aromatic rings. The van der Waals surface area contributed by atoms with E-state index in [1.54, 1.807) is 0 Å². The monoisotopic (exact) mass is 288 g/mol. The maximum atomic E-state index is 12.0. The van der Waals surface area contributed by atoms with Crippen LogP contribution in [-0.4, -0.2) is 31.3 Å². The van der Waals surface area contributed by atoms with Crippen molar-refractivity contribution in [1.82, 2.24) is 10.6 Å². The van der Waals surface area contributed by atoms with Crippen molar-refractivity contribution in [3.05, 3.63) is 35.9 Å². The minimum Gasteiger partial charge on any atom is -0.376 e. The molecule has 1 aromatic carbocycles. The summed E-state index contributed by atoms with van der Waals surface area (Å²) in [7, 11) is 0. The van der Waals surface area contributed by atoms with Crippen molar-refractivity contribution in [3.63, 3.8) is 0 Å². The van der Waals surface area contributed by atoms with Gasteiger partial charge in [0.15, 0.2) is 0 Å². The zero-order valence-corrected chi connectivity index (χ0v) is 12.6. The van der Waals surface area contributed by atoms with Gasteiger partial charge in [0.2, 0.25) is 0 Å². The Morgan fingerprint density at radius 1 is 1.38 bits per heavy atom. The molecule has 0 aromatic heterocycles. The Morgan fingerprint density at radius 3 is 2.76 bits per heavy atom. The van der Waals surface area contributed by atoms with Crippen molar-refractivity contribution in [2.75, 3.05) is 13.2 Å². The average molecular weight is 288 g/mol. The number of urea groups is 1. The van der Waals surface area contributed by atoms with E-state index in [-0.39, 0.29) is 23.6 Å². The zero-order valence-electron chi connectivity index (χ0n) is 12.6. The lowest BCUT2D eigenvalue weighted by atomic mass is 9.96. The number of ether oxygens (including phenoxy) is 1. The second-order valence-electron chi connectivity index (χ2n) is 6.31. The highest BCUT2D eigenvalue weighted by Gasteiger charge is 2.44. The van der Waals surface area contributed by atoms with E-state index in [4.69, 9.17) is 4.74 Å². The van der Waals surface area contributed by atoms with Gasteiger partial charge in [0.05, 0.1) is 12.1 Å². The molecule has 0 bridgehead atoms. The Bertz CT molecular complexity index is 479. The Hall–Kier alpha value is -1.55. The van der Waals surface area contributed by atoms with Gasteiger partial charge in [-0.15, -0.1) is 0 Å². The van der Waals surface area contributed by atoms with Crippen LogP contribution in [0.4, 0.5) is 4.79 Å². The molecule has 4 heteroatoms. The van der Waals surface area contributed by atoms with E-state index in [0.29, 0.717) is 6.54 Å². The molecule has 1 saturated heterocycles. The first-order chi connectivity index (χ1) is 10.2. The van der Waals surface area contributed by atoms with Crippen molar-refractivity contribution in [2.45, 2.75) is 50.2 Å². The van der Waals surface area contributed by atoms with Gasteiger partial charge in [0, 0.05) is 18.6 Å². The second kappa shape index (κ2) is 6.06. The van der Waals surface area contributed by atoms with Crippen LogP contribution in [0.1, 0.15) is 38.2 Å². The van der Waals surface area contributed by atoms with Crippen LogP contribution in [0, 0.1) is 0 Å². The Morgan fingerprint density at radius 2 is 2.14 bits per heavy atom. The summed E-state index contributed by atoms with van der Waals surface area (Å²) in [6.07, 6.45) is 4.60. The molecule has 2 amide bonds. The smallest absolute Gasteiger partial charge is 0.315 e. The van der Waals surface area contributed by atoms with Gasteiger partial charge >= 0.3 is 6.03 Å². The van der Waals surface area contributed by atoms with Crippen LogP contribution in [0.5, 0.6) is 0 Å². The van der Waals surface area contributed by atoms with Gasteiger partial charge in [-0.1, -0.05) is 30.3 Å². The molecule has 21 heavy (non-hydrogen) atoms. The SMILES string of the molecule is CC(NC(=O)NCC1(c2ccccc2)CC1)C1CCCO1. The van der Waals surface area contributed by atoms with Gasteiger partial charge in [-0.25, -0.2) is 4.79 Å². The fraction of sp³-hybridized carbons (Fsp3) is 0.588. The van der Waals surface area contributed by atoms with Crippen LogP contribution in [-0.2, 0) is 10.2 Å². The summed E-state index contributed by atoms with van der Waals surface area (Å²) in [4.78, 5) is 12.0. The third-order valence-electron chi connectivity index (χ3n) is 4.71. The van der Waals surface area contributed by atoms with E-state index < -0.39 is 0 Å². The topological polar surface area (TPSA) is 50.4 Å². The maximum absolute atomic E-state index is 12.0. The molecule has 0 spiro atoms. The lowest BCUT2D eigenvalue weighted by Crippen LogP contribution is -2.47. The van der Waals surface area contributed by atoms with Crippen LogP contribution >= 0.6 is 0 Å². The molecule has 3 rings (SSSR count). The van der Waals surface area contributed by atoms with Crippen LogP contribution in [0.2, 0.25) is 0 Å². The summed E-state index contributed by atoms with van der Waals surface area (Å²) >= 11 is 0. The number of rotatable bonds is 5. The summed E-state index contributed by atoms with van der Waals surface area (Å²) in [6.45, 7) is 3.54. The normalized spacial score (nSPS) is 24.3. The van der Waals surface area contributed by atoms with E-state index in [2.05, 4.69) is 34.9 Å². The number of carbonyl (C=O) groups excluding carboxylic acids is 1. The van der Waals surface area contributed by atoms with Crippen LogP contribution in [0.25, 0.3) is 0 Å². The van der Waals surface area contributed by atoms with Gasteiger partial charge in [-0.3, -0.25) is 0 Å². The standard InChI is InChI=1S/C17H24N2O2/c1-13(15-8-5-11-21-15)19-16(20)18-12-17(9-10-17)14-6-3-2-4-7-14/h2-4,6-7,13,15H,5,8-12H2,1H3,(H2,18,19,20). The highest BCUT2D eigenvalue weighted by atomic mass is 16.5. The first-order valence-corrected chi connectivity index (χ1v) is 7.91. The summed E-state index contributed by atoms with van der Waals surface area (Å²) in [6, 6.07) is 10.5. The molecular weight excluding hydrogens is 264 g/mol. The van der Waals surface area contributed by atoms with Crippen molar-refractivity contribution < 1.29 is 9.53 Å². The van der Waals surface area contributed by atoms with Crippen molar-refractivity contribution in [3.8, 4) is 0 Å². The summed E-state index contributed by atoms with van der Waals surface area (Å²) in [5.74, 6) is 0.